The number of aryl methyl sites for hydroxylation is 1. The molecule has 3 heteroatoms. The van der Waals surface area contributed by atoms with Gasteiger partial charge in [0.2, 0.25) is 0 Å². The number of aliphatic hydroxyl groups is 1. The zero-order valence-corrected chi connectivity index (χ0v) is 7.93. The Morgan fingerprint density at radius 2 is 2.21 bits per heavy atom. The van der Waals surface area contributed by atoms with Gasteiger partial charge in [-0.1, -0.05) is 0 Å². The molecule has 0 bridgehead atoms. The molecule has 0 aromatic carbocycles. The van der Waals surface area contributed by atoms with Crippen molar-refractivity contribution in [2.45, 2.75) is 19.4 Å². The van der Waals surface area contributed by atoms with Crippen molar-refractivity contribution in [1.82, 2.24) is 0 Å². The monoisotopic (exact) mass is 192 g/mol. The first-order valence-electron chi connectivity index (χ1n) is 4.50. The highest BCUT2D eigenvalue weighted by atomic mass is 16.4. The first-order valence-corrected chi connectivity index (χ1v) is 4.50. The standard InChI is InChI=1S/C11H12O3/c1-8-2-5-14-11(8)10(12)6-9-3-4-13-7-9/h2-5,7,10,12H,6H2,1H3. The smallest absolute Gasteiger partial charge is 0.135 e. The van der Waals surface area contributed by atoms with Gasteiger partial charge in [0, 0.05) is 6.42 Å². The van der Waals surface area contributed by atoms with Crippen molar-refractivity contribution in [3.8, 4) is 0 Å². The van der Waals surface area contributed by atoms with Gasteiger partial charge in [0.05, 0.1) is 18.8 Å². The Morgan fingerprint density at radius 3 is 2.79 bits per heavy atom. The molecule has 1 N–H and O–H groups in total. The first kappa shape index (κ1) is 9.09. The van der Waals surface area contributed by atoms with Gasteiger partial charge in [-0.05, 0) is 30.2 Å². The summed E-state index contributed by atoms with van der Waals surface area (Å²) in [7, 11) is 0. The van der Waals surface area contributed by atoms with Crippen molar-refractivity contribution in [2.75, 3.05) is 0 Å². The largest absolute Gasteiger partial charge is 0.472 e. The maximum atomic E-state index is 9.83. The quantitative estimate of drug-likeness (QED) is 0.812. The van der Waals surface area contributed by atoms with Crippen LogP contribution in [0.2, 0.25) is 0 Å². The van der Waals surface area contributed by atoms with Gasteiger partial charge in [-0.25, -0.2) is 0 Å². The van der Waals surface area contributed by atoms with E-state index in [4.69, 9.17) is 8.83 Å². The summed E-state index contributed by atoms with van der Waals surface area (Å²) >= 11 is 0. The normalized spacial score (nSPS) is 13.0. The predicted octanol–water partition coefficient (Wildman–Crippen LogP) is 2.46. The van der Waals surface area contributed by atoms with Gasteiger partial charge < -0.3 is 13.9 Å². The molecule has 2 heterocycles. The van der Waals surface area contributed by atoms with E-state index in [0.29, 0.717) is 12.2 Å². The van der Waals surface area contributed by atoms with E-state index in [1.807, 2.05) is 19.1 Å². The molecule has 0 saturated carbocycles. The minimum absolute atomic E-state index is 0.519. The van der Waals surface area contributed by atoms with Gasteiger partial charge in [-0.3, -0.25) is 0 Å². The summed E-state index contributed by atoms with van der Waals surface area (Å²) in [6.07, 6.45) is 4.73. The summed E-state index contributed by atoms with van der Waals surface area (Å²) in [5, 5.41) is 9.83. The van der Waals surface area contributed by atoms with Crippen molar-refractivity contribution < 1.29 is 13.9 Å². The summed E-state index contributed by atoms with van der Waals surface area (Å²) in [6.45, 7) is 1.91. The highest BCUT2D eigenvalue weighted by molar-refractivity contribution is 5.19. The van der Waals surface area contributed by atoms with Crippen molar-refractivity contribution in [3.63, 3.8) is 0 Å². The summed E-state index contributed by atoms with van der Waals surface area (Å²) in [5.41, 5.74) is 1.94. The average Bonchev–Trinajstić information content (AvgIpc) is 2.75. The molecule has 2 rings (SSSR count). The Kier molecular flexibility index (Phi) is 2.41. The molecule has 0 aliphatic carbocycles. The number of hydrogen-bond acceptors (Lipinski definition) is 3. The van der Waals surface area contributed by atoms with E-state index in [9.17, 15) is 5.11 Å². The van der Waals surface area contributed by atoms with Gasteiger partial charge in [0.15, 0.2) is 0 Å². The molecular formula is C11H12O3. The van der Waals surface area contributed by atoms with Crippen LogP contribution in [-0.4, -0.2) is 5.11 Å². The summed E-state index contributed by atoms with van der Waals surface area (Å²) in [5.74, 6) is 0.631. The Balaban J connectivity index is 2.10. The molecule has 0 aliphatic heterocycles. The van der Waals surface area contributed by atoms with Crippen LogP contribution in [0.5, 0.6) is 0 Å². The Morgan fingerprint density at radius 1 is 1.36 bits per heavy atom. The van der Waals surface area contributed by atoms with Gasteiger partial charge >= 0.3 is 0 Å². The molecule has 0 spiro atoms. The summed E-state index contributed by atoms with van der Waals surface area (Å²) < 4.78 is 10.1. The molecular weight excluding hydrogens is 180 g/mol. The fraction of sp³-hybridized carbons (Fsp3) is 0.273. The zero-order chi connectivity index (χ0) is 9.97. The molecule has 0 aliphatic rings. The molecule has 3 nitrogen and oxygen atoms in total. The second-order valence-electron chi connectivity index (χ2n) is 3.32. The van der Waals surface area contributed by atoms with E-state index >= 15 is 0 Å². The Labute approximate surface area is 82.0 Å². The SMILES string of the molecule is Cc1ccoc1C(O)Cc1ccoc1. The minimum atomic E-state index is -0.595. The van der Waals surface area contributed by atoms with Crippen LogP contribution in [-0.2, 0) is 6.42 Å². The molecule has 0 amide bonds. The third-order valence-electron chi connectivity index (χ3n) is 2.21. The lowest BCUT2D eigenvalue weighted by atomic mass is 10.1. The van der Waals surface area contributed by atoms with Crippen molar-refractivity contribution in [2.24, 2.45) is 0 Å². The lowest BCUT2D eigenvalue weighted by Crippen LogP contribution is -2.00. The van der Waals surface area contributed by atoms with E-state index in [2.05, 4.69) is 0 Å². The molecule has 1 unspecified atom stereocenters. The van der Waals surface area contributed by atoms with E-state index in [1.165, 1.54) is 0 Å². The van der Waals surface area contributed by atoms with Crippen LogP contribution in [0.3, 0.4) is 0 Å². The van der Waals surface area contributed by atoms with E-state index in [-0.39, 0.29) is 0 Å². The maximum absolute atomic E-state index is 9.83. The molecule has 14 heavy (non-hydrogen) atoms. The van der Waals surface area contributed by atoms with Crippen molar-refractivity contribution >= 4 is 0 Å². The molecule has 2 aromatic heterocycles. The highest BCUT2D eigenvalue weighted by Crippen LogP contribution is 2.22. The molecule has 1 atom stereocenters. The fourth-order valence-electron chi connectivity index (χ4n) is 1.45. The number of furan rings is 2. The Bertz CT molecular complexity index is 386. The molecule has 0 radical (unpaired) electrons. The Hall–Kier alpha value is -1.48. The number of rotatable bonds is 3. The van der Waals surface area contributed by atoms with Gasteiger partial charge in [-0.15, -0.1) is 0 Å². The lowest BCUT2D eigenvalue weighted by Gasteiger charge is -2.06. The zero-order valence-electron chi connectivity index (χ0n) is 7.93. The van der Waals surface area contributed by atoms with Crippen molar-refractivity contribution in [1.29, 1.82) is 0 Å². The second kappa shape index (κ2) is 3.72. The topological polar surface area (TPSA) is 46.5 Å². The van der Waals surface area contributed by atoms with Gasteiger partial charge in [0.1, 0.15) is 11.9 Å². The summed E-state index contributed by atoms with van der Waals surface area (Å²) in [4.78, 5) is 0. The predicted molar refractivity (Wildman–Crippen MR) is 50.8 cm³/mol. The minimum Gasteiger partial charge on any atom is -0.472 e. The third kappa shape index (κ3) is 1.72. The van der Waals surface area contributed by atoms with Crippen LogP contribution < -0.4 is 0 Å². The number of hydrogen-bond donors (Lipinski definition) is 1. The molecule has 0 saturated heterocycles. The summed E-state index contributed by atoms with van der Waals surface area (Å²) in [6, 6.07) is 3.68. The van der Waals surface area contributed by atoms with E-state index in [1.54, 1.807) is 18.8 Å². The third-order valence-corrected chi connectivity index (χ3v) is 2.21. The maximum Gasteiger partial charge on any atom is 0.135 e. The van der Waals surface area contributed by atoms with E-state index < -0.39 is 6.10 Å². The number of aliphatic hydroxyl groups excluding tert-OH is 1. The lowest BCUT2D eigenvalue weighted by molar-refractivity contribution is 0.149. The molecule has 2 aromatic rings. The van der Waals surface area contributed by atoms with Crippen LogP contribution >= 0.6 is 0 Å². The molecule has 0 fully saturated rings. The van der Waals surface area contributed by atoms with Gasteiger partial charge in [0.25, 0.3) is 0 Å². The van der Waals surface area contributed by atoms with E-state index in [0.717, 1.165) is 11.1 Å². The fourth-order valence-corrected chi connectivity index (χ4v) is 1.45. The molecule has 74 valence electrons. The highest BCUT2D eigenvalue weighted by Gasteiger charge is 2.14. The van der Waals surface area contributed by atoms with Crippen LogP contribution in [0.25, 0.3) is 0 Å². The van der Waals surface area contributed by atoms with Crippen LogP contribution in [0, 0.1) is 6.92 Å². The van der Waals surface area contributed by atoms with Gasteiger partial charge in [-0.2, -0.15) is 0 Å². The van der Waals surface area contributed by atoms with Crippen molar-refractivity contribution in [3.05, 3.63) is 47.8 Å². The first-order chi connectivity index (χ1) is 6.77. The second-order valence-corrected chi connectivity index (χ2v) is 3.32. The van der Waals surface area contributed by atoms with Crippen LogP contribution in [0.15, 0.2) is 39.8 Å². The van der Waals surface area contributed by atoms with Crippen LogP contribution in [0.1, 0.15) is 23.0 Å². The van der Waals surface area contributed by atoms with Crippen LogP contribution in [0.4, 0.5) is 0 Å². The average molecular weight is 192 g/mol.